The zero-order chi connectivity index (χ0) is 11.1. The van der Waals surface area contributed by atoms with Gasteiger partial charge in [0.2, 0.25) is 0 Å². The Morgan fingerprint density at radius 1 is 1.40 bits per heavy atom. The van der Waals surface area contributed by atoms with Gasteiger partial charge in [0.1, 0.15) is 6.23 Å². The van der Waals surface area contributed by atoms with Gasteiger partial charge in [0.15, 0.2) is 9.84 Å². The van der Waals surface area contributed by atoms with Crippen molar-refractivity contribution in [2.75, 3.05) is 5.75 Å². The number of hydrogen-bond donors (Lipinski definition) is 2. The van der Waals surface area contributed by atoms with Crippen molar-refractivity contribution in [3.8, 4) is 0 Å². The highest BCUT2D eigenvalue weighted by Crippen LogP contribution is 2.26. The maximum Gasteiger partial charge on any atom is 0.178 e. The maximum absolute atomic E-state index is 11.7. The van der Waals surface area contributed by atoms with Gasteiger partial charge >= 0.3 is 0 Å². The number of rotatable bonds is 1. The SMILES string of the molecule is NC(O)c1ccc2c(c1)CCCS2(=O)=O. The largest absolute Gasteiger partial charge is 0.375 e. The predicted molar refractivity (Wildman–Crippen MR) is 56.0 cm³/mol. The summed E-state index contributed by atoms with van der Waals surface area (Å²) in [4.78, 5) is 0.387. The molecule has 0 amide bonds. The number of benzene rings is 1. The van der Waals surface area contributed by atoms with Gasteiger partial charge in [-0.05, 0) is 30.0 Å². The van der Waals surface area contributed by atoms with Crippen molar-refractivity contribution in [3.63, 3.8) is 0 Å². The van der Waals surface area contributed by atoms with Gasteiger partial charge in [0.25, 0.3) is 0 Å². The van der Waals surface area contributed by atoms with Crippen LogP contribution in [0.4, 0.5) is 0 Å². The Morgan fingerprint density at radius 2 is 2.13 bits per heavy atom. The number of aliphatic hydroxyl groups is 1. The van der Waals surface area contributed by atoms with Gasteiger partial charge in [-0.25, -0.2) is 8.42 Å². The Morgan fingerprint density at radius 3 is 2.80 bits per heavy atom. The zero-order valence-electron chi connectivity index (χ0n) is 8.18. The molecule has 1 atom stereocenters. The monoisotopic (exact) mass is 227 g/mol. The molecule has 0 spiro atoms. The average molecular weight is 227 g/mol. The van der Waals surface area contributed by atoms with Gasteiger partial charge in [-0.3, -0.25) is 0 Å². The summed E-state index contributed by atoms with van der Waals surface area (Å²) in [5.41, 5.74) is 6.65. The molecule has 0 aliphatic carbocycles. The third-order valence-corrected chi connectivity index (χ3v) is 4.51. The normalized spacial score (nSPS) is 20.7. The second-order valence-corrected chi connectivity index (χ2v) is 5.81. The van der Waals surface area contributed by atoms with Crippen LogP contribution in [0.1, 0.15) is 23.8 Å². The van der Waals surface area contributed by atoms with E-state index in [2.05, 4.69) is 0 Å². The van der Waals surface area contributed by atoms with E-state index < -0.39 is 16.1 Å². The summed E-state index contributed by atoms with van der Waals surface area (Å²) in [7, 11) is -3.11. The van der Waals surface area contributed by atoms with E-state index in [0.29, 0.717) is 16.9 Å². The Kier molecular flexibility index (Phi) is 2.54. The van der Waals surface area contributed by atoms with E-state index in [9.17, 15) is 13.5 Å². The van der Waals surface area contributed by atoms with Gasteiger partial charge in [-0.2, -0.15) is 0 Å². The van der Waals surface area contributed by atoms with E-state index >= 15 is 0 Å². The van der Waals surface area contributed by atoms with Crippen LogP contribution >= 0.6 is 0 Å². The van der Waals surface area contributed by atoms with E-state index in [1.165, 1.54) is 6.07 Å². The molecule has 0 fully saturated rings. The van der Waals surface area contributed by atoms with Crippen LogP contribution in [0.3, 0.4) is 0 Å². The van der Waals surface area contributed by atoms with Crippen LogP contribution < -0.4 is 5.73 Å². The molecule has 2 rings (SSSR count). The van der Waals surface area contributed by atoms with Gasteiger partial charge < -0.3 is 10.8 Å². The molecule has 0 radical (unpaired) electrons. The second kappa shape index (κ2) is 3.59. The summed E-state index contributed by atoms with van der Waals surface area (Å²) in [5, 5.41) is 9.18. The highest BCUT2D eigenvalue weighted by atomic mass is 32.2. The van der Waals surface area contributed by atoms with E-state index in [4.69, 9.17) is 5.73 Å². The molecule has 1 aromatic carbocycles. The lowest BCUT2D eigenvalue weighted by Crippen LogP contribution is -2.17. The first-order chi connectivity index (χ1) is 7.00. The quantitative estimate of drug-likeness (QED) is 0.679. The highest BCUT2D eigenvalue weighted by Gasteiger charge is 2.23. The molecule has 5 heteroatoms. The van der Waals surface area contributed by atoms with Crippen LogP contribution in [0.25, 0.3) is 0 Å². The van der Waals surface area contributed by atoms with Crippen molar-refractivity contribution in [1.29, 1.82) is 0 Å². The summed E-state index contributed by atoms with van der Waals surface area (Å²) >= 11 is 0. The van der Waals surface area contributed by atoms with Crippen molar-refractivity contribution in [2.24, 2.45) is 5.73 Å². The molecule has 1 heterocycles. The molecule has 4 nitrogen and oxygen atoms in total. The van der Waals surface area contributed by atoms with Crippen LogP contribution in [0.15, 0.2) is 23.1 Å². The molecule has 0 bridgehead atoms. The number of sulfone groups is 1. The molecule has 1 aromatic rings. The first kappa shape index (κ1) is 10.6. The first-order valence-corrected chi connectivity index (χ1v) is 6.45. The van der Waals surface area contributed by atoms with Crippen LogP contribution in [0.5, 0.6) is 0 Å². The van der Waals surface area contributed by atoms with E-state index in [1.807, 2.05) is 0 Å². The molecule has 1 unspecified atom stereocenters. The number of fused-ring (bicyclic) bond motifs is 1. The standard InChI is InChI=1S/C10H13NO3S/c11-10(12)8-3-4-9-7(6-8)2-1-5-15(9,13)14/h3-4,6,10,12H,1-2,5,11H2. The minimum atomic E-state index is -3.11. The third kappa shape index (κ3) is 1.90. The number of aliphatic hydroxyl groups excluding tert-OH is 1. The van der Waals surface area contributed by atoms with Crippen molar-refractivity contribution in [1.82, 2.24) is 0 Å². The third-order valence-electron chi connectivity index (χ3n) is 2.62. The second-order valence-electron chi connectivity index (χ2n) is 3.73. The van der Waals surface area contributed by atoms with E-state index in [1.54, 1.807) is 12.1 Å². The molecule has 0 aromatic heterocycles. The Labute approximate surface area is 88.6 Å². The summed E-state index contributed by atoms with van der Waals surface area (Å²) in [6, 6.07) is 4.78. The average Bonchev–Trinajstić information content (AvgIpc) is 2.16. The Balaban J connectivity index is 2.55. The Bertz CT molecular complexity index is 479. The molecule has 1 aliphatic heterocycles. The van der Waals surface area contributed by atoms with Crippen molar-refractivity contribution < 1.29 is 13.5 Å². The van der Waals surface area contributed by atoms with Crippen molar-refractivity contribution in [3.05, 3.63) is 29.3 Å². The van der Waals surface area contributed by atoms with Gasteiger partial charge in [0.05, 0.1) is 10.6 Å². The van der Waals surface area contributed by atoms with E-state index in [0.717, 1.165) is 12.0 Å². The Hall–Kier alpha value is -0.910. The fourth-order valence-electron chi connectivity index (χ4n) is 1.84. The van der Waals surface area contributed by atoms with Gasteiger partial charge in [-0.15, -0.1) is 0 Å². The number of nitrogens with two attached hydrogens (primary N) is 1. The minimum absolute atomic E-state index is 0.213. The molecule has 0 saturated carbocycles. The van der Waals surface area contributed by atoms with Crippen molar-refractivity contribution in [2.45, 2.75) is 24.0 Å². The summed E-state index contributed by atoms with van der Waals surface area (Å²) in [5.74, 6) is 0.213. The molecular weight excluding hydrogens is 214 g/mol. The van der Waals surface area contributed by atoms with Crippen LogP contribution in [-0.2, 0) is 16.3 Å². The fraction of sp³-hybridized carbons (Fsp3) is 0.400. The summed E-state index contributed by atoms with van der Waals surface area (Å²) in [6.45, 7) is 0. The lowest BCUT2D eigenvalue weighted by Gasteiger charge is -2.17. The molecule has 15 heavy (non-hydrogen) atoms. The van der Waals surface area contributed by atoms with E-state index in [-0.39, 0.29) is 5.75 Å². The van der Waals surface area contributed by atoms with Crippen LogP contribution in [0, 0.1) is 0 Å². The molecule has 0 saturated heterocycles. The van der Waals surface area contributed by atoms with Gasteiger partial charge in [-0.1, -0.05) is 12.1 Å². The molecule has 3 N–H and O–H groups in total. The maximum atomic E-state index is 11.7. The lowest BCUT2D eigenvalue weighted by atomic mass is 10.1. The van der Waals surface area contributed by atoms with Crippen molar-refractivity contribution >= 4 is 9.84 Å². The highest BCUT2D eigenvalue weighted by molar-refractivity contribution is 7.91. The molecular formula is C10H13NO3S. The predicted octanol–water partition coefficient (Wildman–Crippen LogP) is 0.356. The van der Waals surface area contributed by atoms with Crippen LogP contribution in [0.2, 0.25) is 0 Å². The minimum Gasteiger partial charge on any atom is -0.375 e. The smallest absolute Gasteiger partial charge is 0.178 e. The fourth-order valence-corrected chi connectivity index (χ4v) is 3.42. The molecule has 1 aliphatic rings. The first-order valence-electron chi connectivity index (χ1n) is 4.80. The summed E-state index contributed by atoms with van der Waals surface area (Å²) in [6.07, 6.45) is 0.328. The number of aryl methyl sites for hydroxylation is 1. The zero-order valence-corrected chi connectivity index (χ0v) is 9.00. The lowest BCUT2D eigenvalue weighted by molar-refractivity contribution is 0.186. The summed E-state index contributed by atoms with van der Waals surface area (Å²) < 4.78 is 23.3. The molecule has 82 valence electrons. The van der Waals surface area contributed by atoms with Gasteiger partial charge in [0, 0.05) is 0 Å². The number of hydrogen-bond acceptors (Lipinski definition) is 4. The topological polar surface area (TPSA) is 80.4 Å². The van der Waals surface area contributed by atoms with Crippen LogP contribution in [-0.4, -0.2) is 19.3 Å².